The van der Waals surface area contributed by atoms with Crippen molar-refractivity contribution in [1.29, 1.82) is 0 Å². The van der Waals surface area contributed by atoms with Gasteiger partial charge in [-0.2, -0.15) is 18.3 Å². The van der Waals surface area contributed by atoms with E-state index in [1.54, 1.807) is 0 Å². The minimum atomic E-state index is -4.49. The topological polar surface area (TPSA) is 44.1 Å². The van der Waals surface area contributed by atoms with E-state index in [1.165, 1.54) is 13.3 Å². The van der Waals surface area contributed by atoms with Crippen LogP contribution in [-0.2, 0) is 15.7 Å². The van der Waals surface area contributed by atoms with Crippen LogP contribution in [0.25, 0.3) is 0 Å². The van der Waals surface area contributed by atoms with Crippen LogP contribution in [0, 0.1) is 5.92 Å². The lowest BCUT2D eigenvalue weighted by Crippen LogP contribution is -2.24. The number of rotatable bonds is 3. The van der Waals surface area contributed by atoms with Gasteiger partial charge in [0.25, 0.3) is 0 Å². The second-order valence-corrected chi connectivity index (χ2v) is 3.98. The summed E-state index contributed by atoms with van der Waals surface area (Å²) in [6.07, 6.45) is -1.71. The third-order valence-electron chi connectivity index (χ3n) is 2.69. The maximum atomic E-state index is 12.4. The molecule has 94 valence electrons. The van der Waals surface area contributed by atoms with Gasteiger partial charge in [0.15, 0.2) is 11.7 Å². The molecule has 1 aliphatic rings. The summed E-state index contributed by atoms with van der Waals surface area (Å²) in [4.78, 5) is 11.5. The van der Waals surface area contributed by atoms with Gasteiger partial charge >= 0.3 is 12.1 Å². The highest BCUT2D eigenvalue weighted by molar-refractivity contribution is 5.74. The second kappa shape index (κ2) is 4.05. The molecule has 0 radical (unpaired) electrons. The molecule has 17 heavy (non-hydrogen) atoms. The average Bonchev–Trinajstić information content (AvgIpc) is 2.93. The summed E-state index contributed by atoms with van der Waals surface area (Å²) >= 11 is 0. The number of halogens is 3. The highest BCUT2D eigenvalue weighted by Gasteiger charge is 2.41. The quantitative estimate of drug-likeness (QED) is 0.769. The number of esters is 1. The van der Waals surface area contributed by atoms with Crippen molar-refractivity contribution in [2.24, 2.45) is 5.92 Å². The summed E-state index contributed by atoms with van der Waals surface area (Å²) in [7, 11) is 1.21. The summed E-state index contributed by atoms with van der Waals surface area (Å²) in [5.41, 5.74) is -0.993. The zero-order valence-corrected chi connectivity index (χ0v) is 9.07. The van der Waals surface area contributed by atoms with Gasteiger partial charge in [0, 0.05) is 6.20 Å². The molecule has 1 aromatic heterocycles. The fraction of sp³-hybridized carbons (Fsp3) is 0.600. The Morgan fingerprint density at radius 3 is 2.65 bits per heavy atom. The van der Waals surface area contributed by atoms with Crippen LogP contribution in [0.5, 0.6) is 0 Å². The smallest absolute Gasteiger partial charge is 0.435 e. The summed E-state index contributed by atoms with van der Waals surface area (Å²) in [6.45, 7) is 0. The molecule has 1 heterocycles. The minimum Gasteiger partial charge on any atom is -0.467 e. The average molecular weight is 248 g/mol. The van der Waals surface area contributed by atoms with Gasteiger partial charge in [-0.25, -0.2) is 4.79 Å². The van der Waals surface area contributed by atoms with E-state index in [0.29, 0.717) is 0 Å². The Morgan fingerprint density at radius 1 is 1.59 bits per heavy atom. The molecule has 1 atom stereocenters. The van der Waals surface area contributed by atoms with E-state index in [4.69, 9.17) is 0 Å². The minimum absolute atomic E-state index is 0.0310. The molecule has 0 spiro atoms. The summed E-state index contributed by atoms with van der Waals surface area (Å²) in [6, 6.07) is 0.120. The first-order chi connectivity index (χ1) is 7.93. The monoisotopic (exact) mass is 248 g/mol. The van der Waals surface area contributed by atoms with Crippen molar-refractivity contribution in [2.75, 3.05) is 7.11 Å². The maximum absolute atomic E-state index is 12.4. The van der Waals surface area contributed by atoms with Crippen molar-refractivity contribution in [3.63, 3.8) is 0 Å². The standard InChI is InChI=1S/C10H11F3N2O2/c1-17-9(16)8(6-2-3-6)15-5-4-7(14-15)10(11,12)13/h4-6,8H,2-3H2,1H3. The van der Waals surface area contributed by atoms with E-state index in [2.05, 4.69) is 9.84 Å². The largest absolute Gasteiger partial charge is 0.467 e. The fourth-order valence-corrected chi connectivity index (χ4v) is 1.69. The molecule has 0 aliphatic heterocycles. The molecule has 0 N–H and O–H groups in total. The van der Waals surface area contributed by atoms with E-state index in [1.807, 2.05) is 0 Å². The number of hydrogen-bond donors (Lipinski definition) is 0. The van der Waals surface area contributed by atoms with Gasteiger partial charge in [-0.1, -0.05) is 0 Å². The van der Waals surface area contributed by atoms with Crippen LogP contribution in [0.2, 0.25) is 0 Å². The molecule has 0 bridgehead atoms. The second-order valence-electron chi connectivity index (χ2n) is 3.98. The molecule has 0 saturated heterocycles. The molecule has 1 aromatic rings. The summed E-state index contributed by atoms with van der Waals surface area (Å²) in [5, 5.41) is 3.40. The molecule has 7 heteroatoms. The van der Waals surface area contributed by atoms with Crippen LogP contribution in [0.4, 0.5) is 13.2 Å². The molecule has 0 amide bonds. The van der Waals surface area contributed by atoms with Gasteiger partial charge in [-0.15, -0.1) is 0 Å². The Bertz CT molecular complexity index is 423. The SMILES string of the molecule is COC(=O)C(C1CC1)n1ccc(C(F)(F)F)n1. The van der Waals surface area contributed by atoms with E-state index in [9.17, 15) is 18.0 Å². The Hall–Kier alpha value is -1.53. The normalized spacial score (nSPS) is 17.9. The number of methoxy groups -OCH3 is 1. The lowest BCUT2D eigenvalue weighted by atomic mass is 10.2. The first kappa shape index (κ1) is 11.9. The molecule has 1 fully saturated rings. The van der Waals surface area contributed by atoms with Gasteiger partial charge in [-0.3, -0.25) is 4.68 Å². The van der Waals surface area contributed by atoms with Gasteiger partial charge in [0.1, 0.15) is 0 Å². The van der Waals surface area contributed by atoms with Gasteiger partial charge in [0.2, 0.25) is 0 Å². The third-order valence-corrected chi connectivity index (χ3v) is 2.69. The lowest BCUT2D eigenvalue weighted by Gasteiger charge is -2.14. The van der Waals surface area contributed by atoms with Crippen LogP contribution < -0.4 is 0 Å². The van der Waals surface area contributed by atoms with E-state index < -0.39 is 23.9 Å². The fourth-order valence-electron chi connectivity index (χ4n) is 1.69. The van der Waals surface area contributed by atoms with Crippen LogP contribution >= 0.6 is 0 Å². The molecule has 1 saturated carbocycles. The summed E-state index contributed by atoms with van der Waals surface area (Å²) < 4.78 is 42.7. The van der Waals surface area contributed by atoms with Crippen LogP contribution in [-0.4, -0.2) is 22.9 Å². The highest BCUT2D eigenvalue weighted by Crippen LogP contribution is 2.40. The predicted molar refractivity (Wildman–Crippen MR) is 51.0 cm³/mol. The number of nitrogens with zero attached hydrogens (tertiary/aromatic N) is 2. The van der Waals surface area contributed by atoms with E-state index in [-0.39, 0.29) is 5.92 Å². The van der Waals surface area contributed by atoms with Crippen LogP contribution in [0.1, 0.15) is 24.6 Å². The zero-order valence-electron chi connectivity index (χ0n) is 9.07. The number of hydrogen-bond acceptors (Lipinski definition) is 3. The van der Waals surface area contributed by atoms with Crippen molar-refractivity contribution in [3.05, 3.63) is 18.0 Å². The zero-order chi connectivity index (χ0) is 12.6. The van der Waals surface area contributed by atoms with Crippen LogP contribution in [0.3, 0.4) is 0 Å². The van der Waals surface area contributed by atoms with E-state index in [0.717, 1.165) is 23.6 Å². The predicted octanol–water partition coefficient (Wildman–Crippen LogP) is 2.03. The maximum Gasteiger partial charge on any atom is 0.435 e. The summed E-state index contributed by atoms with van der Waals surface area (Å²) in [5.74, 6) is -0.521. The molecular formula is C10H11F3N2O2. The Morgan fingerprint density at radius 2 is 2.24 bits per heavy atom. The first-order valence-corrected chi connectivity index (χ1v) is 5.13. The Labute approximate surface area is 95.4 Å². The van der Waals surface area contributed by atoms with Crippen molar-refractivity contribution in [2.45, 2.75) is 25.1 Å². The van der Waals surface area contributed by atoms with Crippen molar-refractivity contribution in [3.8, 4) is 0 Å². The van der Waals surface area contributed by atoms with Gasteiger partial charge in [-0.05, 0) is 24.8 Å². The molecule has 1 unspecified atom stereocenters. The van der Waals surface area contributed by atoms with Crippen molar-refractivity contribution < 1.29 is 22.7 Å². The number of alkyl halides is 3. The molecule has 4 nitrogen and oxygen atoms in total. The van der Waals surface area contributed by atoms with Crippen LogP contribution in [0.15, 0.2) is 12.3 Å². The molecule has 0 aromatic carbocycles. The molecular weight excluding hydrogens is 237 g/mol. The van der Waals surface area contributed by atoms with Crippen molar-refractivity contribution in [1.82, 2.24) is 9.78 Å². The molecule has 1 aliphatic carbocycles. The number of carbonyl (C=O) groups is 1. The number of ether oxygens (including phenoxy) is 1. The third kappa shape index (κ3) is 2.42. The highest BCUT2D eigenvalue weighted by atomic mass is 19.4. The number of carbonyl (C=O) groups excluding carboxylic acids is 1. The van der Waals surface area contributed by atoms with Gasteiger partial charge in [0.05, 0.1) is 7.11 Å². The Kier molecular flexibility index (Phi) is 2.84. The van der Waals surface area contributed by atoms with Gasteiger partial charge < -0.3 is 4.74 Å². The number of aromatic nitrogens is 2. The lowest BCUT2D eigenvalue weighted by molar-refractivity contribution is -0.147. The van der Waals surface area contributed by atoms with Crippen molar-refractivity contribution >= 4 is 5.97 Å². The van der Waals surface area contributed by atoms with E-state index >= 15 is 0 Å². The first-order valence-electron chi connectivity index (χ1n) is 5.13. The Balaban J connectivity index is 2.25. The molecule has 2 rings (SSSR count).